The zero-order valence-electron chi connectivity index (χ0n) is 44.2. The fourth-order valence-corrected chi connectivity index (χ4v) is 14.3. The summed E-state index contributed by atoms with van der Waals surface area (Å²) >= 11 is 0. The summed E-state index contributed by atoms with van der Waals surface area (Å²) in [6, 6.07) is 19.3. The van der Waals surface area contributed by atoms with Gasteiger partial charge in [-0.1, -0.05) is 62.4 Å². The molecule has 2 aliphatic carbocycles. The largest absolute Gasteiger partial charge is 0.478 e. The van der Waals surface area contributed by atoms with Crippen LogP contribution in [-0.4, -0.2) is 41.4 Å². The topological polar surface area (TPSA) is 24.8 Å². The number of piperidine rings is 1. The molecule has 0 N–H and O–H groups in total. The molecule has 2 aliphatic heterocycles. The third kappa shape index (κ3) is 11.5. The summed E-state index contributed by atoms with van der Waals surface area (Å²) in [5, 5.41) is 2.97. The molecule has 0 unspecified atom stereocenters. The Kier molecular flexibility index (Phi) is 20.9. The number of ether oxygens (including phenoxy) is 1. The number of halogens is 20. The second kappa shape index (κ2) is 26.6. The minimum atomic E-state index is -7.22. The van der Waals surface area contributed by atoms with Gasteiger partial charge in [0, 0.05) is 34.2 Å². The van der Waals surface area contributed by atoms with Crippen LogP contribution in [0, 0.1) is 168 Å². The third-order valence-electron chi connectivity index (χ3n) is 15.2. The van der Waals surface area contributed by atoms with E-state index < -0.39 is 152 Å². The number of aryl methyl sites for hydroxylation is 2. The maximum atomic E-state index is 15.4. The summed E-state index contributed by atoms with van der Waals surface area (Å²) in [4.78, 5) is 5.12. The van der Waals surface area contributed by atoms with E-state index in [0.29, 0.717) is 30.0 Å². The van der Waals surface area contributed by atoms with Gasteiger partial charge in [0.1, 0.15) is 59.3 Å². The van der Waals surface area contributed by atoms with E-state index in [9.17, 15) is 52.7 Å². The summed E-state index contributed by atoms with van der Waals surface area (Å²) in [7, 11) is -0.621. The molecular formula is C58H45BF20IrN2OP-. The van der Waals surface area contributed by atoms with Crippen LogP contribution in [0.25, 0.3) is 0 Å². The van der Waals surface area contributed by atoms with Crippen molar-refractivity contribution >= 4 is 52.6 Å². The Morgan fingerprint density at radius 2 is 0.750 bits per heavy atom. The van der Waals surface area contributed by atoms with Gasteiger partial charge >= 0.3 is 0 Å². The molecular weight excluding hydrogens is 1350 g/mol. The van der Waals surface area contributed by atoms with Crippen molar-refractivity contribution in [2.45, 2.75) is 90.8 Å². The zero-order chi connectivity index (χ0) is 60.8. The number of nitrogens with zero attached hydrogens (tertiary/aromatic N) is 2. The Morgan fingerprint density at radius 3 is 1.04 bits per heavy atom. The van der Waals surface area contributed by atoms with Crippen LogP contribution in [0.1, 0.15) is 69.9 Å². The van der Waals surface area contributed by atoms with E-state index >= 15 is 35.1 Å². The van der Waals surface area contributed by atoms with Crippen LogP contribution in [0.2, 0.25) is 0 Å². The smallest absolute Gasteiger partial charge is 0.202 e. The Balaban J connectivity index is 0.000000221. The molecule has 0 aromatic heterocycles. The molecule has 84 heavy (non-hydrogen) atoms. The Bertz CT molecular complexity index is 3050. The fourth-order valence-electron chi connectivity index (χ4n) is 11.2. The second-order valence-corrected chi connectivity index (χ2v) is 22.5. The van der Waals surface area contributed by atoms with Crippen LogP contribution < -0.4 is 32.5 Å². The number of hydrogen-bond donors (Lipinski definition) is 0. The third-order valence-corrected chi connectivity index (χ3v) is 18.2. The molecule has 4 aliphatic rings. The number of rotatable bonds is 9. The molecule has 2 bridgehead atoms. The first-order valence-corrected chi connectivity index (χ1v) is 27.0. The number of benzene rings is 6. The molecule has 10 rings (SSSR count). The van der Waals surface area contributed by atoms with E-state index in [1.165, 1.54) is 66.7 Å². The van der Waals surface area contributed by atoms with E-state index in [2.05, 4.69) is 107 Å². The molecule has 4 atom stereocenters. The quantitative estimate of drug-likeness (QED) is 0.0474. The van der Waals surface area contributed by atoms with Gasteiger partial charge in [-0.2, -0.15) is 0 Å². The molecule has 2 saturated carbocycles. The number of fused-ring (bicyclic) bond motifs is 2. The zero-order valence-corrected chi connectivity index (χ0v) is 47.5. The molecule has 26 heteroatoms. The molecule has 6 aromatic carbocycles. The Hall–Kier alpha value is -5.51. The molecule has 3 fully saturated rings. The van der Waals surface area contributed by atoms with Crippen molar-refractivity contribution in [3.63, 3.8) is 0 Å². The fraction of sp³-hybridized carbons (Fsp3) is 0.293. The molecule has 1 saturated heterocycles. The minimum Gasteiger partial charge on any atom is -0.478 e. The average Bonchev–Trinajstić information content (AvgIpc) is 1.64. The maximum absolute atomic E-state index is 15.4. The van der Waals surface area contributed by atoms with E-state index in [-0.39, 0.29) is 20.1 Å². The van der Waals surface area contributed by atoms with Gasteiger partial charge in [0.05, 0.1) is 12.1 Å². The van der Waals surface area contributed by atoms with Gasteiger partial charge in [-0.05, 0) is 118 Å². The predicted octanol–water partition coefficient (Wildman–Crippen LogP) is 13.2. The summed E-state index contributed by atoms with van der Waals surface area (Å²) in [6.07, 6.45) is 10.7. The molecule has 2 heterocycles. The molecule has 451 valence electrons. The SMILES string of the molecule is Cc1ccccc1P(c1ccccc1C)N1[C@H]2CC[C@H](C2)[C@@H]1C1=N[C@@H](C(C)C)CO1.Fc1c(F)c(F)c([B-](c2c(F)c(F)c(F)c(F)c2F)(c2c(F)c(F)c(F)c(F)c2F)c2c(F)c(F)c(F)c(F)c2F)c(F)c1F.[CH]1[CH]CC[CH][CH]CC1.[Ir]. The van der Waals surface area contributed by atoms with Gasteiger partial charge in [0.15, 0.2) is 69.8 Å². The van der Waals surface area contributed by atoms with E-state index in [1.54, 1.807) is 0 Å². The van der Waals surface area contributed by atoms with Crippen LogP contribution in [0.3, 0.4) is 0 Å². The Morgan fingerprint density at radius 1 is 0.452 bits per heavy atom. The second-order valence-electron chi connectivity index (χ2n) is 20.4. The molecule has 0 amide bonds. The summed E-state index contributed by atoms with van der Waals surface area (Å²) in [5.74, 6) is -69.2. The van der Waals surface area contributed by atoms with Crippen molar-refractivity contribution in [3.05, 3.63) is 202 Å². The van der Waals surface area contributed by atoms with Crippen molar-refractivity contribution in [3.8, 4) is 0 Å². The van der Waals surface area contributed by atoms with E-state index in [0.717, 1.165) is 12.5 Å². The summed E-state index contributed by atoms with van der Waals surface area (Å²) in [5.41, 5.74) is -11.5. The van der Waals surface area contributed by atoms with Gasteiger partial charge < -0.3 is 4.74 Å². The van der Waals surface area contributed by atoms with Gasteiger partial charge in [-0.3, -0.25) is 4.67 Å². The number of aliphatic imine (C=N–C) groups is 1. The van der Waals surface area contributed by atoms with Crippen LogP contribution in [0.15, 0.2) is 53.5 Å². The van der Waals surface area contributed by atoms with Crippen LogP contribution >= 0.6 is 8.07 Å². The average molecular weight is 1400 g/mol. The van der Waals surface area contributed by atoms with Crippen molar-refractivity contribution in [1.82, 2.24) is 4.67 Å². The first kappa shape index (κ1) is 66.0. The van der Waals surface area contributed by atoms with Crippen molar-refractivity contribution in [1.29, 1.82) is 0 Å². The first-order valence-electron chi connectivity index (χ1n) is 25.7. The summed E-state index contributed by atoms with van der Waals surface area (Å²) < 4.78 is 303. The van der Waals surface area contributed by atoms with Gasteiger partial charge in [0.25, 0.3) is 0 Å². The standard InChI is InChI=1S/C26H33N2OP.C24BF20.C8H12.Ir/c1-17(2)22-16-29-26(27-22)25-20-13-14-21(15-20)28(25)30(23-11-7-5-9-18(23)3)24-12-8-6-10-19(24)4;26-5-1(6(27)14(35)21(42)13(5)34)25(2-7(28)15(36)22(43)16(37)8(2)29,3-9(30)17(38)23(44)18(39)10(3)31)4-11(32)19(40)24(45)20(41)12(4)33;1-2-4-6-8-7-5-3-1;/h5-12,17,20-22,25H,13-16H2,1-4H3;;1-2,7-8H,3-6H2;/q;-1;;/t20-,21+,22-,25-;;;/m1.../s1. The normalized spacial score (nSPS) is 18.9. The van der Waals surface area contributed by atoms with Crippen LogP contribution in [-0.2, 0) is 24.8 Å². The molecule has 5 radical (unpaired) electrons. The van der Waals surface area contributed by atoms with Crippen LogP contribution in [0.5, 0.6) is 0 Å². The van der Waals surface area contributed by atoms with Gasteiger partial charge in [-0.15, -0.1) is 21.9 Å². The maximum Gasteiger partial charge on any atom is 0.202 e. The van der Waals surface area contributed by atoms with Crippen LogP contribution in [0.4, 0.5) is 87.8 Å². The number of hydrogen-bond acceptors (Lipinski definition) is 3. The Labute approximate surface area is 484 Å². The van der Waals surface area contributed by atoms with Gasteiger partial charge in [0.2, 0.25) is 5.90 Å². The summed E-state index contributed by atoms with van der Waals surface area (Å²) in [6.45, 7) is 9.80. The van der Waals surface area contributed by atoms with E-state index in [4.69, 9.17) is 9.73 Å². The van der Waals surface area contributed by atoms with Crippen molar-refractivity contribution in [2.24, 2.45) is 16.8 Å². The van der Waals surface area contributed by atoms with E-state index in [1.807, 2.05) is 0 Å². The van der Waals surface area contributed by atoms with Crippen molar-refractivity contribution in [2.75, 3.05) is 6.61 Å². The molecule has 0 spiro atoms. The van der Waals surface area contributed by atoms with Gasteiger partial charge in [-0.25, -0.2) is 92.8 Å². The molecule has 3 nitrogen and oxygen atoms in total. The monoisotopic (exact) mass is 1400 g/mol. The predicted molar refractivity (Wildman–Crippen MR) is 272 cm³/mol. The minimum absolute atomic E-state index is 0. The first-order chi connectivity index (χ1) is 39.2. The van der Waals surface area contributed by atoms with Crippen molar-refractivity contribution < 1.29 is 113 Å². The molecule has 6 aromatic rings.